The summed E-state index contributed by atoms with van der Waals surface area (Å²) >= 11 is 7.65. The van der Waals surface area contributed by atoms with Gasteiger partial charge in [-0.25, -0.2) is 10.2 Å². The second-order valence-electron chi connectivity index (χ2n) is 7.39. The monoisotopic (exact) mass is 504 g/mol. The molecule has 0 fully saturated rings. The Bertz CT molecular complexity index is 1570. The number of furan rings is 1. The van der Waals surface area contributed by atoms with Crippen molar-refractivity contribution < 1.29 is 23.5 Å². The van der Waals surface area contributed by atoms with Gasteiger partial charge in [0, 0.05) is 15.5 Å². The molecule has 5 rings (SSSR count). The van der Waals surface area contributed by atoms with E-state index in [1.807, 2.05) is 42.5 Å². The normalized spacial score (nSPS) is 11.3. The van der Waals surface area contributed by atoms with Gasteiger partial charge >= 0.3 is 11.9 Å². The number of carbonyl (C=O) groups is 2. The van der Waals surface area contributed by atoms with E-state index in [1.54, 1.807) is 30.3 Å². The fourth-order valence-electron chi connectivity index (χ4n) is 3.45. The van der Waals surface area contributed by atoms with Crippen molar-refractivity contribution in [3.05, 3.63) is 94.0 Å². The van der Waals surface area contributed by atoms with E-state index in [0.29, 0.717) is 26.8 Å². The van der Waals surface area contributed by atoms with Gasteiger partial charge in [0.2, 0.25) is 0 Å². The second kappa shape index (κ2) is 9.61. The molecule has 3 aromatic carbocycles. The molecule has 1 N–H and O–H groups in total. The van der Waals surface area contributed by atoms with Crippen LogP contribution in [-0.4, -0.2) is 25.2 Å². The topological polar surface area (TPSA) is 90.1 Å². The molecule has 0 bridgehead atoms. The minimum absolute atomic E-state index is 0.156. The van der Waals surface area contributed by atoms with Gasteiger partial charge in [-0.15, -0.1) is 11.3 Å². The Labute approximate surface area is 208 Å². The van der Waals surface area contributed by atoms with Crippen LogP contribution in [0.3, 0.4) is 0 Å². The summed E-state index contributed by atoms with van der Waals surface area (Å²) in [5, 5.41) is 5.96. The first-order valence-corrected chi connectivity index (χ1v) is 11.6. The average Bonchev–Trinajstić information content (AvgIpc) is 3.46. The number of hydrogen-bond donors (Lipinski definition) is 1. The van der Waals surface area contributed by atoms with E-state index in [2.05, 4.69) is 10.5 Å². The molecule has 0 atom stereocenters. The molecule has 0 spiro atoms. The zero-order valence-corrected chi connectivity index (χ0v) is 19.9. The molecule has 2 aromatic heterocycles. The SMILES string of the molecule is COc1cc(/C=N/NC(=O)c2cc3ccccc3o2)ccc1OC(=O)c1sc2ccccc2c1Cl. The molecule has 2 heterocycles. The molecule has 0 saturated carbocycles. The third-order valence-corrected chi connectivity index (χ3v) is 6.80. The molecule has 1 amide bonds. The molecule has 0 saturated heterocycles. The van der Waals surface area contributed by atoms with Crippen molar-refractivity contribution in [1.82, 2.24) is 5.43 Å². The van der Waals surface area contributed by atoms with Crippen LogP contribution in [0.5, 0.6) is 11.5 Å². The molecule has 174 valence electrons. The van der Waals surface area contributed by atoms with Crippen molar-refractivity contribution in [2.45, 2.75) is 0 Å². The highest BCUT2D eigenvalue weighted by Crippen LogP contribution is 2.37. The van der Waals surface area contributed by atoms with E-state index >= 15 is 0 Å². The van der Waals surface area contributed by atoms with Crippen molar-refractivity contribution in [3.63, 3.8) is 0 Å². The van der Waals surface area contributed by atoms with Gasteiger partial charge in [-0.3, -0.25) is 4.79 Å². The highest BCUT2D eigenvalue weighted by Gasteiger charge is 2.20. The zero-order valence-electron chi connectivity index (χ0n) is 18.3. The number of hydrogen-bond acceptors (Lipinski definition) is 7. The second-order valence-corrected chi connectivity index (χ2v) is 8.82. The lowest BCUT2D eigenvalue weighted by Gasteiger charge is -2.09. The Morgan fingerprint density at radius 1 is 1.03 bits per heavy atom. The minimum atomic E-state index is -0.575. The van der Waals surface area contributed by atoms with Gasteiger partial charge < -0.3 is 13.9 Å². The molecule has 7 nitrogen and oxygen atoms in total. The van der Waals surface area contributed by atoms with Crippen molar-refractivity contribution in [3.8, 4) is 11.5 Å². The number of nitrogens with one attached hydrogen (secondary N) is 1. The van der Waals surface area contributed by atoms with Crippen molar-refractivity contribution in [2.75, 3.05) is 7.11 Å². The van der Waals surface area contributed by atoms with Crippen LogP contribution in [0.1, 0.15) is 25.8 Å². The standard InChI is InChI=1S/C26H17ClN2O5S/c1-32-20-12-15(14-28-29-25(30)21-13-16-6-2-4-8-18(16)33-21)10-11-19(20)34-26(31)24-23(27)17-7-3-5-9-22(17)35-24/h2-14H,1H3,(H,29,30)/b28-14+. The van der Waals surface area contributed by atoms with Crippen LogP contribution in [-0.2, 0) is 0 Å². The number of para-hydroxylation sites is 1. The first kappa shape index (κ1) is 22.6. The third-order valence-electron chi connectivity index (χ3n) is 5.14. The van der Waals surface area contributed by atoms with E-state index in [1.165, 1.54) is 24.7 Å². The van der Waals surface area contributed by atoms with E-state index in [9.17, 15) is 9.59 Å². The molecule has 0 aliphatic carbocycles. The van der Waals surface area contributed by atoms with Crippen molar-refractivity contribution >= 4 is 62.1 Å². The van der Waals surface area contributed by atoms with Crippen LogP contribution in [0.2, 0.25) is 5.02 Å². The van der Waals surface area contributed by atoms with E-state index in [0.717, 1.165) is 15.5 Å². The number of rotatable bonds is 6. The molecule has 0 unspecified atom stereocenters. The predicted octanol–water partition coefficient (Wildman–Crippen LogP) is 6.29. The maximum atomic E-state index is 12.8. The maximum absolute atomic E-state index is 12.8. The van der Waals surface area contributed by atoms with E-state index in [-0.39, 0.29) is 11.5 Å². The summed E-state index contributed by atoms with van der Waals surface area (Å²) in [5.41, 5.74) is 3.67. The number of esters is 1. The smallest absolute Gasteiger partial charge is 0.355 e. The third kappa shape index (κ3) is 4.62. The largest absolute Gasteiger partial charge is 0.493 e. The lowest BCUT2D eigenvalue weighted by molar-refractivity contribution is 0.0734. The van der Waals surface area contributed by atoms with Gasteiger partial charge in [-0.1, -0.05) is 48.0 Å². The molecule has 9 heteroatoms. The molecule has 35 heavy (non-hydrogen) atoms. The number of benzene rings is 3. The molecule has 0 radical (unpaired) electrons. The van der Waals surface area contributed by atoms with Crippen LogP contribution in [0.25, 0.3) is 21.1 Å². The van der Waals surface area contributed by atoms with Crippen LogP contribution in [0.15, 0.2) is 82.3 Å². The summed E-state index contributed by atoms with van der Waals surface area (Å²) in [5.74, 6) is -0.343. The molecular weight excluding hydrogens is 488 g/mol. The van der Waals surface area contributed by atoms with Gasteiger partial charge in [0.1, 0.15) is 10.5 Å². The lowest BCUT2D eigenvalue weighted by Crippen LogP contribution is -2.16. The van der Waals surface area contributed by atoms with Crippen molar-refractivity contribution in [1.29, 1.82) is 0 Å². The lowest BCUT2D eigenvalue weighted by atomic mass is 10.2. The van der Waals surface area contributed by atoms with Gasteiger partial charge in [-0.05, 0) is 42.0 Å². The fourth-order valence-corrected chi connectivity index (χ4v) is 4.84. The van der Waals surface area contributed by atoms with Gasteiger partial charge in [-0.2, -0.15) is 5.10 Å². The number of ether oxygens (including phenoxy) is 2. The Morgan fingerprint density at radius 3 is 2.63 bits per heavy atom. The molecule has 0 aliphatic rings. The molecule has 5 aromatic rings. The average molecular weight is 505 g/mol. The molecule has 0 aliphatic heterocycles. The summed E-state index contributed by atoms with van der Waals surface area (Å²) in [6, 6.07) is 21.4. The summed E-state index contributed by atoms with van der Waals surface area (Å²) in [7, 11) is 1.46. The Morgan fingerprint density at radius 2 is 1.83 bits per heavy atom. The number of methoxy groups -OCH3 is 1. The first-order chi connectivity index (χ1) is 17.0. The van der Waals surface area contributed by atoms with E-state index < -0.39 is 11.9 Å². The Hall–Kier alpha value is -4.14. The minimum Gasteiger partial charge on any atom is -0.493 e. The van der Waals surface area contributed by atoms with E-state index in [4.69, 9.17) is 25.5 Å². The summed E-state index contributed by atoms with van der Waals surface area (Å²) in [4.78, 5) is 25.4. The Kier molecular flexibility index (Phi) is 6.22. The fraction of sp³-hybridized carbons (Fsp3) is 0.0385. The first-order valence-electron chi connectivity index (χ1n) is 10.4. The van der Waals surface area contributed by atoms with Gasteiger partial charge in [0.25, 0.3) is 0 Å². The number of fused-ring (bicyclic) bond motifs is 2. The maximum Gasteiger partial charge on any atom is 0.355 e. The summed E-state index contributed by atoms with van der Waals surface area (Å²) < 4.78 is 17.3. The quantitative estimate of drug-likeness (QED) is 0.127. The zero-order chi connectivity index (χ0) is 24.4. The number of amides is 1. The summed E-state index contributed by atoms with van der Waals surface area (Å²) in [6.07, 6.45) is 1.44. The number of carbonyl (C=O) groups excluding carboxylic acids is 2. The highest BCUT2D eigenvalue weighted by molar-refractivity contribution is 7.21. The summed E-state index contributed by atoms with van der Waals surface area (Å²) in [6.45, 7) is 0. The number of halogens is 1. The van der Waals surface area contributed by atoms with Crippen LogP contribution >= 0.6 is 22.9 Å². The van der Waals surface area contributed by atoms with Crippen LogP contribution in [0.4, 0.5) is 0 Å². The van der Waals surface area contributed by atoms with Crippen molar-refractivity contribution in [2.24, 2.45) is 5.10 Å². The van der Waals surface area contributed by atoms with Crippen LogP contribution in [0, 0.1) is 0 Å². The van der Waals surface area contributed by atoms with Gasteiger partial charge in [0.15, 0.2) is 17.3 Å². The number of nitrogens with zero attached hydrogens (tertiary/aromatic N) is 1. The number of thiophene rings is 1. The predicted molar refractivity (Wildman–Crippen MR) is 136 cm³/mol. The van der Waals surface area contributed by atoms with Crippen LogP contribution < -0.4 is 14.9 Å². The molecular formula is C26H17ClN2O5S. The highest BCUT2D eigenvalue weighted by atomic mass is 35.5. The van der Waals surface area contributed by atoms with Gasteiger partial charge in [0.05, 0.1) is 18.3 Å². The number of hydrazone groups is 1. The Balaban J connectivity index is 1.28.